The van der Waals surface area contributed by atoms with Crippen molar-refractivity contribution in [2.24, 2.45) is 0 Å². The van der Waals surface area contributed by atoms with E-state index in [-0.39, 0.29) is 23.8 Å². The molecule has 2 aliphatic rings. The zero-order chi connectivity index (χ0) is 14.4. The predicted octanol–water partition coefficient (Wildman–Crippen LogP) is 2.57. The molecule has 0 unspecified atom stereocenters. The van der Waals surface area contributed by atoms with Gasteiger partial charge >= 0.3 is 0 Å². The van der Waals surface area contributed by atoms with E-state index >= 15 is 0 Å². The lowest BCUT2D eigenvalue weighted by molar-refractivity contribution is 0.0148. The van der Waals surface area contributed by atoms with E-state index in [0.717, 1.165) is 0 Å². The fraction of sp³-hybridized carbons (Fsp3) is 0.375. The van der Waals surface area contributed by atoms with Crippen molar-refractivity contribution in [3.8, 4) is 5.75 Å². The minimum atomic E-state index is -0.358. The molecule has 0 radical (unpaired) electrons. The summed E-state index contributed by atoms with van der Waals surface area (Å²) in [5.74, 6) is 0.222. The van der Waals surface area contributed by atoms with Gasteiger partial charge in [-0.3, -0.25) is 9.59 Å². The second-order valence-electron chi connectivity index (χ2n) is 5.23. The van der Waals surface area contributed by atoms with Crippen molar-refractivity contribution >= 4 is 11.6 Å². The molecular weight excluding hydrogens is 256 g/mol. The SMILES string of the molecule is COc1cccc2c1C(=O)C1=C(C[C@H](C)O[C@H]1C)C2=O. The van der Waals surface area contributed by atoms with E-state index in [9.17, 15) is 9.59 Å². The van der Waals surface area contributed by atoms with Gasteiger partial charge in [-0.2, -0.15) is 0 Å². The highest BCUT2D eigenvalue weighted by Gasteiger charge is 2.40. The highest BCUT2D eigenvalue weighted by atomic mass is 16.5. The lowest BCUT2D eigenvalue weighted by atomic mass is 9.78. The Labute approximate surface area is 117 Å². The number of rotatable bonds is 1. The first-order valence-electron chi connectivity index (χ1n) is 6.69. The van der Waals surface area contributed by atoms with E-state index in [4.69, 9.17) is 9.47 Å². The van der Waals surface area contributed by atoms with Crippen LogP contribution in [-0.4, -0.2) is 30.9 Å². The molecule has 4 heteroatoms. The minimum absolute atomic E-state index is 0.0485. The summed E-state index contributed by atoms with van der Waals surface area (Å²) in [6.07, 6.45) is 0.0804. The molecule has 0 bridgehead atoms. The zero-order valence-corrected chi connectivity index (χ0v) is 11.7. The summed E-state index contributed by atoms with van der Waals surface area (Å²) in [5.41, 5.74) is 1.89. The number of hydrogen-bond donors (Lipinski definition) is 0. The fourth-order valence-corrected chi connectivity index (χ4v) is 3.07. The third-order valence-corrected chi connectivity index (χ3v) is 3.90. The number of fused-ring (bicyclic) bond motifs is 1. The van der Waals surface area contributed by atoms with Gasteiger partial charge in [0.1, 0.15) is 5.75 Å². The molecule has 0 aromatic heterocycles. The van der Waals surface area contributed by atoms with E-state index in [1.54, 1.807) is 18.2 Å². The number of benzene rings is 1. The van der Waals surface area contributed by atoms with Crippen molar-refractivity contribution in [3.63, 3.8) is 0 Å². The monoisotopic (exact) mass is 272 g/mol. The maximum atomic E-state index is 12.7. The standard InChI is InChI=1S/C16H16O4/c1-8-7-11-13(9(2)20-8)16(18)14-10(15(11)17)5-4-6-12(14)19-3/h4-6,8-9H,7H2,1-3H3/t8-,9-/m0/s1. The summed E-state index contributed by atoms with van der Waals surface area (Å²) in [6, 6.07) is 5.12. The second kappa shape index (κ2) is 4.56. The third kappa shape index (κ3) is 1.72. The Bertz CT molecular complexity index is 642. The summed E-state index contributed by atoms with van der Waals surface area (Å²) in [6.45, 7) is 3.73. The van der Waals surface area contributed by atoms with E-state index in [0.29, 0.717) is 34.4 Å². The van der Waals surface area contributed by atoms with Crippen LogP contribution >= 0.6 is 0 Å². The molecule has 0 amide bonds. The average Bonchev–Trinajstić information content (AvgIpc) is 2.43. The molecule has 0 fully saturated rings. The second-order valence-corrected chi connectivity index (χ2v) is 5.23. The van der Waals surface area contributed by atoms with E-state index in [1.807, 2.05) is 13.8 Å². The van der Waals surface area contributed by atoms with E-state index in [2.05, 4.69) is 0 Å². The van der Waals surface area contributed by atoms with Crippen LogP contribution in [0.5, 0.6) is 5.75 Å². The number of ether oxygens (including phenoxy) is 2. The Morgan fingerprint density at radius 1 is 1.20 bits per heavy atom. The highest BCUT2D eigenvalue weighted by molar-refractivity contribution is 6.28. The van der Waals surface area contributed by atoms with Gasteiger partial charge in [0, 0.05) is 23.1 Å². The van der Waals surface area contributed by atoms with Crippen molar-refractivity contribution in [2.75, 3.05) is 7.11 Å². The van der Waals surface area contributed by atoms with Crippen LogP contribution in [0.15, 0.2) is 29.3 Å². The minimum Gasteiger partial charge on any atom is -0.496 e. The van der Waals surface area contributed by atoms with Crippen LogP contribution in [0, 0.1) is 0 Å². The molecule has 1 heterocycles. The molecule has 0 spiro atoms. The highest BCUT2D eigenvalue weighted by Crippen LogP contribution is 2.38. The van der Waals surface area contributed by atoms with Crippen LogP contribution in [0.25, 0.3) is 0 Å². The van der Waals surface area contributed by atoms with Gasteiger partial charge in [-0.05, 0) is 19.9 Å². The molecule has 104 valence electrons. The van der Waals surface area contributed by atoms with Crippen molar-refractivity contribution in [2.45, 2.75) is 32.5 Å². The number of ketones is 2. The molecule has 20 heavy (non-hydrogen) atoms. The van der Waals surface area contributed by atoms with Crippen LogP contribution < -0.4 is 4.74 Å². The maximum Gasteiger partial charge on any atom is 0.196 e. The summed E-state index contributed by atoms with van der Waals surface area (Å²) >= 11 is 0. The van der Waals surface area contributed by atoms with Gasteiger partial charge in [0.25, 0.3) is 0 Å². The van der Waals surface area contributed by atoms with Crippen molar-refractivity contribution in [1.29, 1.82) is 0 Å². The summed E-state index contributed by atoms with van der Waals surface area (Å²) in [7, 11) is 1.50. The molecule has 1 aliphatic heterocycles. The predicted molar refractivity (Wildman–Crippen MR) is 73.3 cm³/mol. The molecule has 1 aromatic rings. The van der Waals surface area contributed by atoms with Crippen molar-refractivity contribution in [3.05, 3.63) is 40.5 Å². The molecule has 4 nitrogen and oxygen atoms in total. The van der Waals surface area contributed by atoms with Crippen LogP contribution in [0.4, 0.5) is 0 Å². The van der Waals surface area contributed by atoms with Crippen molar-refractivity contribution in [1.82, 2.24) is 0 Å². The summed E-state index contributed by atoms with van der Waals surface area (Å²) in [5, 5.41) is 0. The summed E-state index contributed by atoms with van der Waals surface area (Å²) in [4.78, 5) is 25.4. The molecule has 0 N–H and O–H groups in total. The molecule has 2 atom stereocenters. The Balaban J connectivity index is 2.23. The number of hydrogen-bond acceptors (Lipinski definition) is 4. The normalized spacial score (nSPS) is 25.4. The van der Waals surface area contributed by atoms with Crippen molar-refractivity contribution < 1.29 is 19.1 Å². The van der Waals surface area contributed by atoms with Gasteiger partial charge in [-0.25, -0.2) is 0 Å². The topological polar surface area (TPSA) is 52.6 Å². The first kappa shape index (κ1) is 13.1. The zero-order valence-electron chi connectivity index (χ0n) is 11.7. The fourth-order valence-electron chi connectivity index (χ4n) is 3.07. The third-order valence-electron chi connectivity index (χ3n) is 3.90. The first-order valence-corrected chi connectivity index (χ1v) is 6.69. The Morgan fingerprint density at radius 3 is 2.65 bits per heavy atom. The molecule has 3 rings (SSSR count). The number of methoxy groups -OCH3 is 1. The van der Waals surface area contributed by atoms with Gasteiger partial charge in [0.15, 0.2) is 11.6 Å². The molecule has 0 saturated heterocycles. The Kier molecular flexibility index (Phi) is 2.98. The van der Waals surface area contributed by atoms with Gasteiger partial charge in [0.05, 0.1) is 24.9 Å². The van der Waals surface area contributed by atoms with Crippen LogP contribution in [0.2, 0.25) is 0 Å². The summed E-state index contributed by atoms with van der Waals surface area (Å²) < 4.78 is 10.9. The van der Waals surface area contributed by atoms with Crippen LogP contribution in [0.1, 0.15) is 41.0 Å². The number of carbonyl (C=O) groups is 2. The largest absolute Gasteiger partial charge is 0.496 e. The molecule has 1 aromatic carbocycles. The first-order chi connectivity index (χ1) is 9.54. The average molecular weight is 272 g/mol. The Hall–Kier alpha value is -1.94. The Morgan fingerprint density at radius 2 is 1.95 bits per heavy atom. The van der Waals surface area contributed by atoms with Gasteiger partial charge in [-0.1, -0.05) is 12.1 Å². The maximum absolute atomic E-state index is 12.7. The van der Waals surface area contributed by atoms with E-state index in [1.165, 1.54) is 7.11 Å². The quantitative estimate of drug-likeness (QED) is 0.788. The van der Waals surface area contributed by atoms with Gasteiger partial charge in [-0.15, -0.1) is 0 Å². The van der Waals surface area contributed by atoms with E-state index < -0.39 is 0 Å². The molecular formula is C16H16O4. The molecule has 0 saturated carbocycles. The van der Waals surface area contributed by atoms with Crippen LogP contribution in [0.3, 0.4) is 0 Å². The number of Topliss-reactive ketones (excluding diaryl/α,β-unsaturated/α-hetero) is 2. The number of carbonyl (C=O) groups excluding carboxylic acids is 2. The molecule has 1 aliphatic carbocycles. The van der Waals surface area contributed by atoms with Gasteiger partial charge in [0.2, 0.25) is 0 Å². The smallest absolute Gasteiger partial charge is 0.196 e. The van der Waals surface area contributed by atoms with Gasteiger partial charge < -0.3 is 9.47 Å². The lowest BCUT2D eigenvalue weighted by Crippen LogP contribution is -2.36. The lowest BCUT2D eigenvalue weighted by Gasteiger charge is -2.33. The van der Waals surface area contributed by atoms with Crippen LogP contribution in [-0.2, 0) is 4.74 Å².